The summed E-state index contributed by atoms with van der Waals surface area (Å²) in [4.78, 5) is 0. The maximum atomic E-state index is 13.8. The van der Waals surface area contributed by atoms with E-state index in [0.29, 0.717) is 5.56 Å². The van der Waals surface area contributed by atoms with Crippen molar-refractivity contribution >= 4 is 15.9 Å². The monoisotopic (exact) mass is 301 g/mol. The fraction of sp³-hybridized carbons (Fsp3) is 0.538. The summed E-state index contributed by atoms with van der Waals surface area (Å²) in [6, 6.07) is 4.96. The minimum atomic E-state index is -0.179. The average Bonchev–Trinajstić information content (AvgIpc) is 2.36. The molecule has 0 amide bonds. The van der Waals surface area contributed by atoms with Crippen LogP contribution in [0.2, 0.25) is 0 Å². The van der Waals surface area contributed by atoms with Gasteiger partial charge < -0.3 is 10.1 Å². The first-order valence-electron chi connectivity index (χ1n) is 5.96. The second-order valence-electron chi connectivity index (χ2n) is 4.34. The van der Waals surface area contributed by atoms with Crippen molar-refractivity contribution in [2.75, 3.05) is 13.7 Å². The maximum Gasteiger partial charge on any atom is 0.128 e. The lowest BCUT2D eigenvalue weighted by Crippen LogP contribution is -2.34. The average molecular weight is 302 g/mol. The molecule has 2 atom stereocenters. The maximum absolute atomic E-state index is 13.8. The van der Waals surface area contributed by atoms with E-state index in [0.717, 1.165) is 30.3 Å². The van der Waals surface area contributed by atoms with Crippen LogP contribution in [-0.4, -0.2) is 19.8 Å². The molecule has 2 unspecified atom stereocenters. The van der Waals surface area contributed by atoms with Crippen LogP contribution in [0.15, 0.2) is 22.7 Å². The molecule has 1 N–H and O–H groups in total. The number of hydrogen-bond donors (Lipinski definition) is 1. The molecule has 0 spiro atoms. The van der Waals surface area contributed by atoms with Crippen LogP contribution in [0.4, 0.5) is 4.39 Å². The molecule has 0 radical (unpaired) electrons. The quantitative estimate of drug-likeness (QED) is 0.924. The highest BCUT2D eigenvalue weighted by molar-refractivity contribution is 9.10. The van der Waals surface area contributed by atoms with E-state index >= 15 is 0 Å². The van der Waals surface area contributed by atoms with Crippen LogP contribution in [0, 0.1) is 5.82 Å². The Morgan fingerprint density at radius 3 is 2.94 bits per heavy atom. The Morgan fingerprint density at radius 1 is 1.47 bits per heavy atom. The summed E-state index contributed by atoms with van der Waals surface area (Å²) >= 11 is 3.38. The minimum Gasteiger partial charge on any atom is -0.376 e. The number of halogens is 2. The first-order chi connectivity index (χ1) is 8.22. The van der Waals surface area contributed by atoms with Crippen molar-refractivity contribution in [3.8, 4) is 0 Å². The van der Waals surface area contributed by atoms with E-state index in [1.165, 1.54) is 6.07 Å². The van der Waals surface area contributed by atoms with Crippen LogP contribution in [0.25, 0.3) is 0 Å². The summed E-state index contributed by atoms with van der Waals surface area (Å²) in [5.74, 6) is -0.179. The van der Waals surface area contributed by atoms with E-state index in [-0.39, 0.29) is 18.0 Å². The van der Waals surface area contributed by atoms with Crippen LogP contribution >= 0.6 is 15.9 Å². The van der Waals surface area contributed by atoms with Gasteiger partial charge in [-0.15, -0.1) is 0 Å². The lowest BCUT2D eigenvalue weighted by Gasteiger charge is -2.30. The molecule has 1 aromatic rings. The van der Waals surface area contributed by atoms with Gasteiger partial charge in [0.1, 0.15) is 5.82 Å². The summed E-state index contributed by atoms with van der Waals surface area (Å²) in [5.41, 5.74) is 0.675. The van der Waals surface area contributed by atoms with Gasteiger partial charge in [-0.25, -0.2) is 4.39 Å². The third-order valence-corrected chi connectivity index (χ3v) is 3.68. The molecular weight excluding hydrogens is 285 g/mol. The zero-order chi connectivity index (χ0) is 12.3. The van der Waals surface area contributed by atoms with Gasteiger partial charge in [0, 0.05) is 16.6 Å². The molecule has 1 heterocycles. The molecule has 1 aliphatic rings. The van der Waals surface area contributed by atoms with Gasteiger partial charge in [0.2, 0.25) is 0 Å². The standard InChI is InChI=1S/C13H17BrFNO/c1-16-13(12-4-2-3-7-17-12)10-8-9(14)5-6-11(10)15/h5-6,8,12-13,16H,2-4,7H2,1H3. The first kappa shape index (κ1) is 13.0. The molecule has 0 bridgehead atoms. The Hall–Kier alpha value is -0.450. The summed E-state index contributed by atoms with van der Waals surface area (Å²) in [5, 5.41) is 3.17. The van der Waals surface area contributed by atoms with Gasteiger partial charge in [0.05, 0.1) is 12.1 Å². The zero-order valence-corrected chi connectivity index (χ0v) is 11.5. The molecule has 1 aromatic carbocycles. The number of benzene rings is 1. The molecule has 1 aliphatic heterocycles. The Kier molecular flexibility index (Phi) is 4.54. The van der Waals surface area contributed by atoms with Gasteiger partial charge >= 0.3 is 0 Å². The van der Waals surface area contributed by atoms with Gasteiger partial charge in [-0.3, -0.25) is 0 Å². The van der Waals surface area contributed by atoms with Crippen molar-refractivity contribution in [1.82, 2.24) is 5.32 Å². The Morgan fingerprint density at radius 2 is 2.29 bits per heavy atom. The largest absolute Gasteiger partial charge is 0.376 e. The summed E-state index contributed by atoms with van der Waals surface area (Å²) in [6.07, 6.45) is 3.31. The summed E-state index contributed by atoms with van der Waals surface area (Å²) in [6.45, 7) is 0.776. The van der Waals surface area contributed by atoms with Gasteiger partial charge in [0.15, 0.2) is 0 Å². The molecule has 94 valence electrons. The molecular formula is C13H17BrFNO. The lowest BCUT2D eigenvalue weighted by molar-refractivity contribution is -0.00732. The van der Waals surface area contributed by atoms with Crippen molar-refractivity contribution in [1.29, 1.82) is 0 Å². The van der Waals surface area contributed by atoms with Crippen molar-refractivity contribution < 1.29 is 9.13 Å². The van der Waals surface area contributed by atoms with E-state index in [2.05, 4.69) is 21.2 Å². The highest BCUT2D eigenvalue weighted by Crippen LogP contribution is 2.29. The molecule has 0 saturated carbocycles. The van der Waals surface area contributed by atoms with E-state index in [9.17, 15) is 4.39 Å². The van der Waals surface area contributed by atoms with Gasteiger partial charge in [-0.2, -0.15) is 0 Å². The molecule has 2 rings (SSSR count). The summed E-state index contributed by atoms with van der Waals surface area (Å²) < 4.78 is 20.5. The van der Waals surface area contributed by atoms with Crippen LogP contribution in [-0.2, 0) is 4.74 Å². The van der Waals surface area contributed by atoms with E-state index in [1.54, 1.807) is 6.07 Å². The van der Waals surface area contributed by atoms with E-state index in [4.69, 9.17) is 4.74 Å². The zero-order valence-electron chi connectivity index (χ0n) is 9.88. The predicted molar refractivity (Wildman–Crippen MR) is 69.5 cm³/mol. The number of ether oxygens (including phenoxy) is 1. The van der Waals surface area contributed by atoms with Crippen LogP contribution < -0.4 is 5.32 Å². The Labute approximate surface area is 110 Å². The van der Waals surface area contributed by atoms with E-state index in [1.807, 2.05) is 13.1 Å². The second kappa shape index (κ2) is 5.94. The fourth-order valence-corrected chi connectivity index (χ4v) is 2.70. The van der Waals surface area contributed by atoms with Gasteiger partial charge in [-0.05, 0) is 44.5 Å². The molecule has 4 heteroatoms. The molecule has 1 fully saturated rings. The molecule has 1 saturated heterocycles. The number of likely N-dealkylation sites (N-methyl/N-ethyl adjacent to an activating group) is 1. The SMILES string of the molecule is CNC(c1cc(Br)ccc1F)C1CCCCO1. The lowest BCUT2D eigenvalue weighted by atomic mass is 9.95. The third kappa shape index (κ3) is 3.06. The predicted octanol–water partition coefficient (Wildman–Crippen LogP) is 3.42. The Balaban J connectivity index is 2.24. The molecule has 0 aliphatic carbocycles. The molecule has 17 heavy (non-hydrogen) atoms. The van der Waals surface area contributed by atoms with Crippen molar-refractivity contribution in [2.24, 2.45) is 0 Å². The van der Waals surface area contributed by atoms with Crippen LogP contribution in [0.5, 0.6) is 0 Å². The highest BCUT2D eigenvalue weighted by Gasteiger charge is 2.26. The van der Waals surface area contributed by atoms with Crippen molar-refractivity contribution in [2.45, 2.75) is 31.4 Å². The van der Waals surface area contributed by atoms with Crippen molar-refractivity contribution in [3.63, 3.8) is 0 Å². The van der Waals surface area contributed by atoms with Gasteiger partial charge in [0.25, 0.3) is 0 Å². The second-order valence-corrected chi connectivity index (χ2v) is 5.25. The fourth-order valence-electron chi connectivity index (χ4n) is 2.32. The highest BCUT2D eigenvalue weighted by atomic mass is 79.9. The topological polar surface area (TPSA) is 21.3 Å². The molecule has 0 aromatic heterocycles. The first-order valence-corrected chi connectivity index (χ1v) is 6.75. The Bertz CT molecular complexity index is 380. The van der Waals surface area contributed by atoms with Gasteiger partial charge in [-0.1, -0.05) is 15.9 Å². The normalized spacial score (nSPS) is 22.4. The number of rotatable bonds is 3. The van der Waals surface area contributed by atoms with Crippen LogP contribution in [0.3, 0.4) is 0 Å². The van der Waals surface area contributed by atoms with Crippen LogP contribution in [0.1, 0.15) is 30.9 Å². The smallest absolute Gasteiger partial charge is 0.128 e. The molecule has 2 nitrogen and oxygen atoms in total. The minimum absolute atomic E-state index is 0.0672. The number of nitrogens with one attached hydrogen (secondary N) is 1. The van der Waals surface area contributed by atoms with E-state index < -0.39 is 0 Å². The summed E-state index contributed by atoms with van der Waals surface area (Å²) in [7, 11) is 1.85. The third-order valence-electron chi connectivity index (χ3n) is 3.19. The number of hydrogen-bond acceptors (Lipinski definition) is 2. The van der Waals surface area contributed by atoms with Crippen molar-refractivity contribution in [3.05, 3.63) is 34.1 Å².